The Morgan fingerprint density at radius 3 is 2.69 bits per heavy atom. The minimum atomic E-state index is -3.12. The molecule has 3 nitrogen and oxygen atoms in total. The number of ether oxygens (including phenoxy) is 1. The molecule has 7 heteroatoms. The third kappa shape index (κ3) is 2.34. The number of hydrogen-bond donors (Lipinski definition) is 0. The lowest BCUT2D eigenvalue weighted by Gasteiger charge is -2.09. The molecule has 0 fully saturated rings. The van der Waals surface area contributed by atoms with Crippen molar-refractivity contribution in [1.82, 2.24) is 4.98 Å². The van der Waals surface area contributed by atoms with Crippen molar-refractivity contribution < 1.29 is 22.7 Å². The van der Waals surface area contributed by atoms with Crippen molar-refractivity contribution in [3.8, 4) is 0 Å². The van der Waals surface area contributed by atoms with Gasteiger partial charge in [-0.15, -0.1) is 0 Å². The fraction of sp³-hybridized carbons (Fsp3) is 0.333. The molecule has 0 atom stereocenters. The molecule has 1 aromatic rings. The van der Waals surface area contributed by atoms with Gasteiger partial charge in [0.2, 0.25) is 0 Å². The van der Waals surface area contributed by atoms with E-state index in [1.54, 1.807) is 0 Å². The fourth-order valence-electron chi connectivity index (χ4n) is 1.10. The topological polar surface area (TPSA) is 39.2 Å². The standard InChI is InChI=1S/C9H7BrF3NO2/c1-16-9(15)7-5(8(12)13)6(11)4(2-10)3-14-7/h3,8H,2H2,1H3. The Morgan fingerprint density at radius 2 is 2.25 bits per heavy atom. The lowest BCUT2D eigenvalue weighted by atomic mass is 10.1. The van der Waals surface area contributed by atoms with Crippen LogP contribution >= 0.6 is 15.9 Å². The predicted molar refractivity (Wildman–Crippen MR) is 53.1 cm³/mol. The number of pyridine rings is 1. The summed E-state index contributed by atoms with van der Waals surface area (Å²) in [5.74, 6) is -2.22. The normalized spacial score (nSPS) is 10.6. The Labute approximate surface area is 97.8 Å². The van der Waals surface area contributed by atoms with Crippen LogP contribution in [-0.4, -0.2) is 18.1 Å². The first-order valence-corrected chi connectivity index (χ1v) is 5.24. The first-order chi connectivity index (χ1) is 7.52. The molecule has 1 rings (SSSR count). The molecule has 16 heavy (non-hydrogen) atoms. The van der Waals surface area contributed by atoms with Crippen LogP contribution in [0.2, 0.25) is 0 Å². The minimum Gasteiger partial charge on any atom is -0.464 e. The van der Waals surface area contributed by atoms with Crippen LogP contribution in [0, 0.1) is 5.82 Å². The lowest BCUT2D eigenvalue weighted by Crippen LogP contribution is -2.12. The lowest BCUT2D eigenvalue weighted by molar-refractivity contribution is 0.0579. The number of esters is 1. The molecule has 0 spiro atoms. The quantitative estimate of drug-likeness (QED) is 0.636. The van der Waals surface area contributed by atoms with Gasteiger partial charge in [0.15, 0.2) is 5.69 Å². The average molecular weight is 298 g/mol. The fourth-order valence-corrected chi connectivity index (χ4v) is 1.49. The molecule has 0 saturated heterocycles. The van der Waals surface area contributed by atoms with E-state index in [4.69, 9.17) is 0 Å². The van der Waals surface area contributed by atoms with Gasteiger partial charge in [-0.25, -0.2) is 22.9 Å². The van der Waals surface area contributed by atoms with Crippen LogP contribution in [0.15, 0.2) is 6.20 Å². The summed E-state index contributed by atoms with van der Waals surface area (Å²) in [4.78, 5) is 14.6. The number of carbonyl (C=O) groups is 1. The van der Waals surface area contributed by atoms with E-state index in [0.717, 1.165) is 13.3 Å². The minimum absolute atomic E-state index is 0.0347. The number of alkyl halides is 3. The Kier molecular flexibility index (Phi) is 4.28. The highest BCUT2D eigenvalue weighted by atomic mass is 79.9. The molecule has 0 aliphatic rings. The first-order valence-electron chi connectivity index (χ1n) is 4.12. The zero-order valence-corrected chi connectivity index (χ0v) is 9.72. The van der Waals surface area contributed by atoms with Gasteiger partial charge in [-0.05, 0) is 0 Å². The first kappa shape index (κ1) is 13.0. The molecular formula is C9H7BrF3NO2. The van der Waals surface area contributed by atoms with Crippen molar-refractivity contribution in [2.45, 2.75) is 11.8 Å². The van der Waals surface area contributed by atoms with Crippen molar-refractivity contribution >= 4 is 21.9 Å². The molecular weight excluding hydrogens is 291 g/mol. The number of carbonyl (C=O) groups excluding carboxylic acids is 1. The van der Waals surface area contributed by atoms with Crippen LogP contribution < -0.4 is 0 Å². The molecule has 0 amide bonds. The van der Waals surface area contributed by atoms with Crippen molar-refractivity contribution in [3.63, 3.8) is 0 Å². The Balaban J connectivity index is 3.40. The molecule has 0 bridgehead atoms. The summed E-state index contributed by atoms with van der Waals surface area (Å²) in [6.45, 7) is 0. The Hall–Kier alpha value is -1.11. The van der Waals surface area contributed by atoms with Crippen molar-refractivity contribution in [2.75, 3.05) is 7.11 Å². The summed E-state index contributed by atoms with van der Waals surface area (Å²) in [6.07, 6.45) is -2.11. The average Bonchev–Trinajstić information content (AvgIpc) is 2.26. The molecule has 0 aliphatic carbocycles. The van der Waals surface area contributed by atoms with E-state index in [2.05, 4.69) is 25.7 Å². The Morgan fingerprint density at radius 1 is 1.62 bits per heavy atom. The Bertz CT molecular complexity index is 412. The summed E-state index contributed by atoms with van der Waals surface area (Å²) in [5, 5.41) is 0.0347. The second-order valence-corrected chi connectivity index (χ2v) is 3.35. The number of nitrogens with zero attached hydrogens (tertiary/aromatic N) is 1. The highest BCUT2D eigenvalue weighted by Crippen LogP contribution is 2.27. The second-order valence-electron chi connectivity index (χ2n) is 2.79. The zero-order chi connectivity index (χ0) is 12.3. The van der Waals surface area contributed by atoms with E-state index in [1.807, 2.05) is 0 Å². The van der Waals surface area contributed by atoms with Crippen LogP contribution in [-0.2, 0) is 10.1 Å². The maximum atomic E-state index is 13.5. The molecule has 0 saturated carbocycles. The molecule has 0 unspecified atom stereocenters. The van der Waals surface area contributed by atoms with Gasteiger partial charge in [-0.3, -0.25) is 0 Å². The van der Waals surface area contributed by atoms with Gasteiger partial charge in [-0.1, -0.05) is 15.9 Å². The molecule has 0 aromatic carbocycles. The highest BCUT2D eigenvalue weighted by Gasteiger charge is 2.26. The van der Waals surface area contributed by atoms with Crippen molar-refractivity contribution in [3.05, 3.63) is 28.8 Å². The molecule has 1 heterocycles. The zero-order valence-electron chi connectivity index (χ0n) is 8.14. The summed E-state index contributed by atoms with van der Waals surface area (Å²) in [7, 11) is 1.01. The number of hydrogen-bond acceptors (Lipinski definition) is 3. The maximum Gasteiger partial charge on any atom is 0.357 e. The number of halogens is 4. The van der Waals surface area contributed by atoms with Gasteiger partial charge in [0.05, 0.1) is 12.7 Å². The van der Waals surface area contributed by atoms with Crippen LogP contribution in [0.5, 0.6) is 0 Å². The number of aromatic nitrogens is 1. The maximum absolute atomic E-state index is 13.5. The van der Waals surface area contributed by atoms with Crippen LogP contribution in [0.4, 0.5) is 13.2 Å². The van der Waals surface area contributed by atoms with Gasteiger partial charge in [0.25, 0.3) is 6.43 Å². The van der Waals surface area contributed by atoms with E-state index in [-0.39, 0.29) is 10.9 Å². The summed E-state index contributed by atoms with van der Waals surface area (Å²) in [6, 6.07) is 0. The highest BCUT2D eigenvalue weighted by molar-refractivity contribution is 9.08. The van der Waals surface area contributed by atoms with Crippen LogP contribution in [0.1, 0.15) is 28.0 Å². The van der Waals surface area contributed by atoms with Gasteiger partial charge in [0.1, 0.15) is 5.82 Å². The van der Waals surface area contributed by atoms with Gasteiger partial charge in [0, 0.05) is 17.1 Å². The van der Waals surface area contributed by atoms with E-state index in [9.17, 15) is 18.0 Å². The van der Waals surface area contributed by atoms with Crippen LogP contribution in [0.25, 0.3) is 0 Å². The second kappa shape index (κ2) is 5.29. The third-order valence-corrected chi connectivity index (χ3v) is 2.47. The van der Waals surface area contributed by atoms with E-state index >= 15 is 0 Å². The summed E-state index contributed by atoms with van der Waals surface area (Å²) >= 11 is 2.93. The smallest absolute Gasteiger partial charge is 0.357 e. The molecule has 0 N–H and O–H groups in total. The molecule has 1 aromatic heterocycles. The monoisotopic (exact) mass is 297 g/mol. The number of methoxy groups -OCH3 is 1. The molecule has 88 valence electrons. The van der Waals surface area contributed by atoms with Crippen molar-refractivity contribution in [2.24, 2.45) is 0 Å². The molecule has 0 radical (unpaired) electrons. The van der Waals surface area contributed by atoms with E-state index < -0.39 is 29.5 Å². The largest absolute Gasteiger partial charge is 0.464 e. The molecule has 0 aliphatic heterocycles. The van der Waals surface area contributed by atoms with Gasteiger partial charge in [-0.2, -0.15) is 0 Å². The van der Waals surface area contributed by atoms with Crippen LogP contribution in [0.3, 0.4) is 0 Å². The van der Waals surface area contributed by atoms with Gasteiger partial charge >= 0.3 is 5.97 Å². The van der Waals surface area contributed by atoms with Gasteiger partial charge < -0.3 is 4.74 Å². The number of rotatable bonds is 3. The van der Waals surface area contributed by atoms with E-state index in [1.165, 1.54) is 0 Å². The SMILES string of the molecule is COC(=O)c1ncc(CBr)c(F)c1C(F)F. The third-order valence-electron chi connectivity index (χ3n) is 1.86. The predicted octanol–water partition coefficient (Wildman–Crippen LogP) is 2.84. The van der Waals surface area contributed by atoms with Crippen molar-refractivity contribution in [1.29, 1.82) is 0 Å². The summed E-state index contributed by atoms with van der Waals surface area (Å²) in [5.41, 5.74) is -1.76. The van der Waals surface area contributed by atoms with E-state index in [0.29, 0.717) is 0 Å². The summed E-state index contributed by atoms with van der Waals surface area (Å²) < 4.78 is 43.0.